The zero-order valence-electron chi connectivity index (χ0n) is 15.9. The van der Waals surface area contributed by atoms with Crippen molar-refractivity contribution in [2.75, 3.05) is 17.2 Å². The van der Waals surface area contributed by atoms with E-state index in [2.05, 4.69) is 16.3 Å². The second kappa shape index (κ2) is 9.20. The fraction of sp³-hybridized carbons (Fsp3) is 0.238. The molecule has 0 saturated carbocycles. The molecule has 142 valence electrons. The van der Waals surface area contributed by atoms with Crippen molar-refractivity contribution < 1.29 is 4.79 Å². The maximum absolute atomic E-state index is 12.8. The number of para-hydroxylation sites is 1. The molecule has 3 rings (SSSR count). The van der Waals surface area contributed by atoms with Gasteiger partial charge in [-0.3, -0.25) is 4.79 Å². The van der Waals surface area contributed by atoms with Gasteiger partial charge in [-0.25, -0.2) is 0 Å². The Morgan fingerprint density at radius 3 is 2.54 bits per heavy atom. The number of aryl methyl sites for hydroxylation is 1. The fourth-order valence-corrected chi connectivity index (χ4v) is 3.55. The van der Waals surface area contributed by atoms with Crippen LogP contribution in [0.3, 0.4) is 0 Å². The molecular formula is C21H21N5OS. The van der Waals surface area contributed by atoms with E-state index in [0.29, 0.717) is 11.7 Å². The first-order valence-corrected chi connectivity index (χ1v) is 9.90. The summed E-state index contributed by atoms with van der Waals surface area (Å²) in [5.74, 6) is 0.922. The Morgan fingerprint density at radius 2 is 1.86 bits per heavy atom. The summed E-state index contributed by atoms with van der Waals surface area (Å²) in [5.41, 5.74) is 2.96. The summed E-state index contributed by atoms with van der Waals surface area (Å²) in [6, 6.07) is 19.6. The minimum atomic E-state index is -0.0636. The number of nitrogens with zero attached hydrogens (tertiary/aromatic N) is 5. The number of nitriles is 1. The molecule has 0 bridgehead atoms. The number of carbonyl (C=O) groups excluding carboxylic acids is 1. The van der Waals surface area contributed by atoms with Crippen LogP contribution in [0.4, 0.5) is 5.69 Å². The topological polar surface area (TPSA) is 74.8 Å². The Morgan fingerprint density at radius 1 is 1.14 bits per heavy atom. The van der Waals surface area contributed by atoms with Crippen LogP contribution in [0, 0.1) is 18.3 Å². The summed E-state index contributed by atoms with van der Waals surface area (Å²) in [7, 11) is 1.90. The van der Waals surface area contributed by atoms with Crippen LogP contribution in [0.5, 0.6) is 0 Å². The first-order chi connectivity index (χ1) is 13.6. The number of benzene rings is 2. The van der Waals surface area contributed by atoms with Gasteiger partial charge in [0.25, 0.3) is 0 Å². The molecule has 0 aliphatic carbocycles. The van der Waals surface area contributed by atoms with Crippen molar-refractivity contribution >= 4 is 23.4 Å². The van der Waals surface area contributed by atoms with Crippen LogP contribution in [0.1, 0.15) is 12.0 Å². The molecular weight excluding hydrogens is 370 g/mol. The Hall–Kier alpha value is -3.11. The van der Waals surface area contributed by atoms with Crippen molar-refractivity contribution in [1.82, 2.24) is 14.8 Å². The number of aromatic nitrogens is 3. The SMILES string of the molecule is Cc1ccc(-c2nnc(SCC(=O)N(CCC#N)c3ccccc3)n2C)cc1. The van der Waals surface area contributed by atoms with Crippen LogP contribution in [-0.4, -0.2) is 33.0 Å². The molecule has 0 unspecified atom stereocenters. The summed E-state index contributed by atoms with van der Waals surface area (Å²) in [6.45, 7) is 2.41. The van der Waals surface area contributed by atoms with Crippen molar-refractivity contribution in [3.8, 4) is 17.5 Å². The highest BCUT2D eigenvalue weighted by atomic mass is 32.2. The summed E-state index contributed by atoms with van der Waals surface area (Å²) in [4.78, 5) is 14.4. The van der Waals surface area contributed by atoms with Crippen LogP contribution in [-0.2, 0) is 11.8 Å². The van der Waals surface area contributed by atoms with Crippen molar-refractivity contribution in [2.24, 2.45) is 7.05 Å². The Bertz CT molecular complexity index is 976. The van der Waals surface area contributed by atoms with Crippen LogP contribution < -0.4 is 4.90 Å². The molecule has 28 heavy (non-hydrogen) atoms. The number of carbonyl (C=O) groups is 1. The van der Waals surface area contributed by atoms with Crippen molar-refractivity contribution in [3.05, 3.63) is 60.2 Å². The van der Waals surface area contributed by atoms with Crippen molar-refractivity contribution in [3.63, 3.8) is 0 Å². The Labute approximate surface area is 168 Å². The molecule has 1 heterocycles. The average molecular weight is 392 g/mol. The fourth-order valence-electron chi connectivity index (χ4n) is 2.77. The van der Waals surface area contributed by atoms with Crippen LogP contribution in [0.25, 0.3) is 11.4 Å². The van der Waals surface area contributed by atoms with E-state index in [1.54, 1.807) is 4.90 Å². The van der Waals surface area contributed by atoms with Gasteiger partial charge in [-0.15, -0.1) is 10.2 Å². The number of rotatable bonds is 7. The highest BCUT2D eigenvalue weighted by molar-refractivity contribution is 7.99. The van der Waals surface area contributed by atoms with Gasteiger partial charge >= 0.3 is 0 Å². The summed E-state index contributed by atoms with van der Waals surface area (Å²) < 4.78 is 1.89. The highest BCUT2D eigenvalue weighted by Gasteiger charge is 2.18. The molecule has 1 aromatic heterocycles. The van der Waals surface area contributed by atoms with Gasteiger partial charge in [-0.2, -0.15) is 5.26 Å². The van der Waals surface area contributed by atoms with Gasteiger partial charge in [0.1, 0.15) is 0 Å². The lowest BCUT2D eigenvalue weighted by Crippen LogP contribution is -2.33. The first-order valence-electron chi connectivity index (χ1n) is 8.91. The standard InChI is InChI=1S/C21H21N5OS/c1-16-9-11-17(12-10-16)20-23-24-21(25(20)2)28-15-19(27)26(14-6-13-22)18-7-4-3-5-8-18/h3-5,7-12H,6,14-15H2,1-2H3. The molecule has 0 spiro atoms. The molecule has 0 fully saturated rings. The largest absolute Gasteiger partial charge is 0.311 e. The van der Waals surface area contributed by atoms with E-state index in [9.17, 15) is 4.79 Å². The van der Waals surface area contributed by atoms with Crippen LogP contribution >= 0.6 is 11.8 Å². The predicted octanol–water partition coefficient (Wildman–Crippen LogP) is 3.83. The van der Waals surface area contributed by atoms with Gasteiger partial charge in [0.2, 0.25) is 5.91 Å². The average Bonchev–Trinajstić information content (AvgIpc) is 3.08. The molecule has 1 amide bonds. The maximum Gasteiger partial charge on any atom is 0.237 e. The first kappa shape index (κ1) is 19.6. The zero-order valence-corrected chi connectivity index (χ0v) is 16.7. The third kappa shape index (κ3) is 4.59. The van der Waals surface area contributed by atoms with E-state index >= 15 is 0 Å². The third-order valence-corrected chi connectivity index (χ3v) is 5.29. The molecule has 6 nitrogen and oxygen atoms in total. The number of hydrogen-bond donors (Lipinski definition) is 0. The van der Waals surface area contributed by atoms with Crippen molar-refractivity contribution in [1.29, 1.82) is 5.26 Å². The van der Waals surface area contributed by atoms with Gasteiger partial charge < -0.3 is 9.47 Å². The Balaban J connectivity index is 1.71. The Kier molecular flexibility index (Phi) is 6.45. The molecule has 0 aliphatic rings. The monoisotopic (exact) mass is 391 g/mol. The lowest BCUT2D eigenvalue weighted by molar-refractivity contribution is -0.116. The predicted molar refractivity (Wildman–Crippen MR) is 111 cm³/mol. The highest BCUT2D eigenvalue weighted by Crippen LogP contribution is 2.24. The normalized spacial score (nSPS) is 10.5. The molecule has 0 aliphatic heterocycles. The van der Waals surface area contributed by atoms with Crippen molar-refractivity contribution in [2.45, 2.75) is 18.5 Å². The summed E-state index contributed by atoms with van der Waals surface area (Å²) in [6.07, 6.45) is 0.285. The van der Waals surface area contributed by atoms with Crippen LogP contribution in [0.2, 0.25) is 0 Å². The van der Waals surface area contributed by atoms with Crippen LogP contribution in [0.15, 0.2) is 59.8 Å². The molecule has 2 aromatic carbocycles. The molecule has 3 aromatic rings. The van der Waals surface area contributed by atoms with Gasteiger partial charge in [0, 0.05) is 24.8 Å². The van der Waals surface area contributed by atoms with E-state index in [1.165, 1.54) is 17.3 Å². The summed E-state index contributed by atoms with van der Waals surface area (Å²) in [5, 5.41) is 18.1. The molecule has 0 radical (unpaired) electrons. The lowest BCUT2D eigenvalue weighted by atomic mass is 10.1. The van der Waals surface area contributed by atoms with E-state index in [0.717, 1.165) is 17.1 Å². The van der Waals surface area contributed by atoms with Gasteiger partial charge in [-0.1, -0.05) is 59.8 Å². The number of anilines is 1. The minimum Gasteiger partial charge on any atom is -0.311 e. The van der Waals surface area contributed by atoms with E-state index < -0.39 is 0 Å². The second-order valence-electron chi connectivity index (χ2n) is 6.31. The van der Waals surface area contributed by atoms with Gasteiger partial charge in [0.15, 0.2) is 11.0 Å². The number of thioether (sulfide) groups is 1. The quantitative estimate of drug-likeness (QED) is 0.572. The maximum atomic E-state index is 12.8. The molecule has 0 atom stereocenters. The second-order valence-corrected chi connectivity index (χ2v) is 7.25. The van der Waals surface area contributed by atoms with E-state index in [-0.39, 0.29) is 18.1 Å². The lowest BCUT2D eigenvalue weighted by Gasteiger charge is -2.21. The smallest absolute Gasteiger partial charge is 0.237 e. The van der Waals surface area contributed by atoms with Gasteiger partial charge in [-0.05, 0) is 19.1 Å². The zero-order chi connectivity index (χ0) is 19.9. The number of hydrogen-bond acceptors (Lipinski definition) is 5. The van der Waals surface area contributed by atoms with E-state index in [4.69, 9.17) is 5.26 Å². The minimum absolute atomic E-state index is 0.0636. The number of amides is 1. The molecule has 0 N–H and O–H groups in total. The van der Waals surface area contributed by atoms with E-state index in [1.807, 2.05) is 73.1 Å². The molecule has 7 heteroatoms. The third-order valence-electron chi connectivity index (χ3n) is 4.29. The molecule has 0 saturated heterocycles. The summed E-state index contributed by atoms with van der Waals surface area (Å²) >= 11 is 1.35. The van der Waals surface area contributed by atoms with Gasteiger partial charge in [0.05, 0.1) is 18.2 Å².